The van der Waals surface area contributed by atoms with Crippen LogP contribution in [-0.4, -0.2) is 24.1 Å². The molecule has 1 aromatic heterocycles. The molecule has 17 heavy (non-hydrogen) atoms. The SMILES string of the molecule is N[C@@H]1CCCN(c2nccc3ccccc23)C1. The number of anilines is 1. The van der Waals surface area contributed by atoms with Crippen LogP contribution in [0.2, 0.25) is 0 Å². The molecule has 3 nitrogen and oxygen atoms in total. The van der Waals surface area contributed by atoms with Gasteiger partial charge in [0.15, 0.2) is 0 Å². The van der Waals surface area contributed by atoms with E-state index in [4.69, 9.17) is 5.73 Å². The summed E-state index contributed by atoms with van der Waals surface area (Å²) in [6.45, 7) is 1.98. The van der Waals surface area contributed by atoms with Gasteiger partial charge in [-0.25, -0.2) is 4.98 Å². The number of fused-ring (bicyclic) bond motifs is 1. The van der Waals surface area contributed by atoms with Crippen molar-refractivity contribution in [2.75, 3.05) is 18.0 Å². The Morgan fingerprint density at radius 1 is 1.24 bits per heavy atom. The highest BCUT2D eigenvalue weighted by atomic mass is 15.2. The predicted octanol–water partition coefficient (Wildman–Crippen LogP) is 2.16. The monoisotopic (exact) mass is 227 g/mol. The van der Waals surface area contributed by atoms with Crippen LogP contribution in [0.25, 0.3) is 10.8 Å². The quantitative estimate of drug-likeness (QED) is 0.811. The summed E-state index contributed by atoms with van der Waals surface area (Å²) in [6, 6.07) is 10.7. The summed E-state index contributed by atoms with van der Waals surface area (Å²) in [5, 5.41) is 2.47. The van der Waals surface area contributed by atoms with Crippen LogP contribution < -0.4 is 10.6 Å². The van der Waals surface area contributed by atoms with Crippen molar-refractivity contribution in [3.8, 4) is 0 Å². The van der Waals surface area contributed by atoms with Crippen molar-refractivity contribution in [1.82, 2.24) is 4.98 Å². The Bertz CT molecular complexity index is 518. The van der Waals surface area contributed by atoms with E-state index in [1.165, 1.54) is 10.8 Å². The second-order valence-corrected chi connectivity index (χ2v) is 4.70. The van der Waals surface area contributed by atoms with Crippen LogP contribution in [0.15, 0.2) is 36.5 Å². The lowest BCUT2D eigenvalue weighted by molar-refractivity contribution is 0.504. The van der Waals surface area contributed by atoms with Crippen LogP contribution in [0.5, 0.6) is 0 Å². The maximum absolute atomic E-state index is 6.04. The minimum Gasteiger partial charge on any atom is -0.355 e. The third-order valence-corrected chi connectivity index (χ3v) is 3.41. The van der Waals surface area contributed by atoms with Crippen molar-refractivity contribution in [1.29, 1.82) is 0 Å². The van der Waals surface area contributed by atoms with Crippen LogP contribution >= 0.6 is 0 Å². The highest BCUT2D eigenvalue weighted by molar-refractivity contribution is 5.92. The van der Waals surface area contributed by atoms with Gasteiger partial charge in [0.1, 0.15) is 5.82 Å². The highest BCUT2D eigenvalue weighted by Crippen LogP contribution is 2.26. The first-order chi connectivity index (χ1) is 8.34. The molecule has 0 unspecified atom stereocenters. The molecule has 0 saturated carbocycles. The van der Waals surface area contributed by atoms with Crippen LogP contribution in [0, 0.1) is 0 Å². The van der Waals surface area contributed by atoms with E-state index in [0.29, 0.717) is 0 Å². The lowest BCUT2D eigenvalue weighted by Gasteiger charge is -2.32. The Balaban J connectivity index is 2.04. The van der Waals surface area contributed by atoms with Crippen molar-refractivity contribution in [3.05, 3.63) is 36.5 Å². The minimum absolute atomic E-state index is 0.282. The molecular weight excluding hydrogens is 210 g/mol. The van der Waals surface area contributed by atoms with Crippen molar-refractivity contribution in [2.24, 2.45) is 5.73 Å². The first-order valence-electron chi connectivity index (χ1n) is 6.19. The third kappa shape index (κ3) is 1.98. The number of hydrogen-bond donors (Lipinski definition) is 1. The van der Waals surface area contributed by atoms with E-state index in [9.17, 15) is 0 Å². The van der Waals surface area contributed by atoms with Crippen molar-refractivity contribution in [2.45, 2.75) is 18.9 Å². The second kappa shape index (κ2) is 4.34. The standard InChI is InChI=1S/C14H17N3/c15-12-5-3-9-17(10-12)14-13-6-2-1-4-11(13)7-8-16-14/h1-2,4,6-8,12H,3,5,9-10,15H2/t12-/m1/s1. The molecule has 2 aromatic rings. The zero-order chi connectivity index (χ0) is 11.7. The maximum Gasteiger partial charge on any atom is 0.136 e. The molecule has 1 atom stereocenters. The molecular formula is C14H17N3. The van der Waals surface area contributed by atoms with Crippen LogP contribution in [0.4, 0.5) is 5.82 Å². The molecule has 3 heteroatoms. The summed E-state index contributed by atoms with van der Waals surface area (Å²) in [4.78, 5) is 6.85. The fraction of sp³-hybridized carbons (Fsp3) is 0.357. The van der Waals surface area contributed by atoms with E-state index in [0.717, 1.165) is 31.7 Å². The molecule has 2 heterocycles. The average Bonchev–Trinajstić information content (AvgIpc) is 2.38. The fourth-order valence-corrected chi connectivity index (χ4v) is 2.56. The largest absolute Gasteiger partial charge is 0.355 e. The van der Waals surface area contributed by atoms with E-state index < -0.39 is 0 Å². The van der Waals surface area contributed by atoms with Crippen LogP contribution in [0.3, 0.4) is 0 Å². The number of piperidine rings is 1. The Morgan fingerprint density at radius 2 is 2.12 bits per heavy atom. The summed E-state index contributed by atoms with van der Waals surface area (Å²) in [6.07, 6.45) is 4.17. The number of aromatic nitrogens is 1. The van der Waals surface area contributed by atoms with Gasteiger partial charge in [-0.15, -0.1) is 0 Å². The number of nitrogens with zero attached hydrogens (tertiary/aromatic N) is 2. The molecule has 0 amide bonds. The zero-order valence-electron chi connectivity index (χ0n) is 9.84. The average molecular weight is 227 g/mol. The number of rotatable bonds is 1. The number of hydrogen-bond acceptors (Lipinski definition) is 3. The van der Waals surface area contributed by atoms with Crippen LogP contribution in [-0.2, 0) is 0 Å². The van der Waals surface area contributed by atoms with Gasteiger partial charge in [-0.1, -0.05) is 24.3 Å². The summed E-state index contributed by atoms with van der Waals surface area (Å²) < 4.78 is 0. The summed E-state index contributed by atoms with van der Waals surface area (Å²) in [7, 11) is 0. The molecule has 1 fully saturated rings. The van der Waals surface area contributed by atoms with Gasteiger partial charge < -0.3 is 10.6 Å². The Kier molecular flexibility index (Phi) is 2.69. The van der Waals surface area contributed by atoms with Gasteiger partial charge in [0.2, 0.25) is 0 Å². The second-order valence-electron chi connectivity index (χ2n) is 4.70. The number of benzene rings is 1. The lowest BCUT2D eigenvalue weighted by Crippen LogP contribution is -2.43. The van der Waals surface area contributed by atoms with Gasteiger partial charge in [0.25, 0.3) is 0 Å². The van der Waals surface area contributed by atoms with Crippen LogP contribution in [0.1, 0.15) is 12.8 Å². The zero-order valence-corrected chi connectivity index (χ0v) is 9.84. The molecule has 0 aliphatic carbocycles. The lowest BCUT2D eigenvalue weighted by atomic mass is 10.1. The number of pyridine rings is 1. The Morgan fingerprint density at radius 3 is 3.00 bits per heavy atom. The van der Waals surface area contributed by atoms with Crippen molar-refractivity contribution in [3.63, 3.8) is 0 Å². The van der Waals surface area contributed by atoms with E-state index in [-0.39, 0.29) is 6.04 Å². The Labute approximate surface area is 101 Å². The molecule has 1 aliphatic heterocycles. The topological polar surface area (TPSA) is 42.1 Å². The molecule has 1 aromatic carbocycles. The summed E-state index contributed by atoms with van der Waals surface area (Å²) in [5.41, 5.74) is 6.04. The summed E-state index contributed by atoms with van der Waals surface area (Å²) >= 11 is 0. The van der Waals surface area contributed by atoms with Gasteiger partial charge in [-0.3, -0.25) is 0 Å². The fourth-order valence-electron chi connectivity index (χ4n) is 2.56. The highest BCUT2D eigenvalue weighted by Gasteiger charge is 2.19. The molecule has 0 spiro atoms. The molecule has 0 radical (unpaired) electrons. The minimum atomic E-state index is 0.282. The van der Waals surface area contributed by atoms with Crippen molar-refractivity contribution >= 4 is 16.6 Å². The van der Waals surface area contributed by atoms with Gasteiger partial charge in [0.05, 0.1) is 0 Å². The van der Waals surface area contributed by atoms with E-state index in [2.05, 4.69) is 40.2 Å². The normalized spacial score (nSPS) is 20.8. The Hall–Kier alpha value is -1.61. The van der Waals surface area contributed by atoms with Gasteiger partial charge >= 0.3 is 0 Å². The first kappa shape index (κ1) is 10.5. The van der Waals surface area contributed by atoms with Gasteiger partial charge in [0, 0.05) is 30.7 Å². The molecule has 3 rings (SSSR count). The third-order valence-electron chi connectivity index (χ3n) is 3.41. The molecule has 1 saturated heterocycles. The van der Waals surface area contributed by atoms with E-state index in [1.807, 2.05) is 6.20 Å². The molecule has 0 bridgehead atoms. The smallest absolute Gasteiger partial charge is 0.136 e. The van der Waals surface area contributed by atoms with E-state index >= 15 is 0 Å². The molecule has 2 N–H and O–H groups in total. The first-order valence-corrected chi connectivity index (χ1v) is 6.19. The maximum atomic E-state index is 6.04. The number of nitrogens with two attached hydrogens (primary N) is 1. The van der Waals surface area contributed by atoms with Gasteiger partial charge in [-0.05, 0) is 24.3 Å². The summed E-state index contributed by atoms with van der Waals surface area (Å²) in [5.74, 6) is 1.08. The van der Waals surface area contributed by atoms with Gasteiger partial charge in [-0.2, -0.15) is 0 Å². The molecule has 88 valence electrons. The molecule has 1 aliphatic rings. The predicted molar refractivity (Wildman–Crippen MR) is 71.2 cm³/mol. The van der Waals surface area contributed by atoms with Crippen molar-refractivity contribution < 1.29 is 0 Å². The van der Waals surface area contributed by atoms with E-state index in [1.54, 1.807) is 0 Å².